The predicted octanol–water partition coefficient (Wildman–Crippen LogP) is 2.08. The monoisotopic (exact) mass is 335 g/mol. The van der Waals surface area contributed by atoms with E-state index in [2.05, 4.69) is 32.2 Å². The fourth-order valence-electron chi connectivity index (χ4n) is 4.23. The van der Waals surface area contributed by atoms with Crippen molar-refractivity contribution < 1.29 is 4.79 Å². The van der Waals surface area contributed by atoms with Gasteiger partial charge in [0.05, 0.1) is 6.20 Å². The van der Waals surface area contributed by atoms with Gasteiger partial charge in [0, 0.05) is 36.6 Å². The first-order valence-electron chi connectivity index (χ1n) is 8.70. The molecule has 1 amide bonds. The minimum atomic E-state index is -0.149. The number of carbonyl (C=O) groups is 1. The van der Waals surface area contributed by atoms with Gasteiger partial charge in [-0.2, -0.15) is 5.10 Å². The molecule has 0 saturated heterocycles. The molecule has 2 saturated carbocycles. The summed E-state index contributed by atoms with van der Waals surface area (Å²) in [6, 6.07) is 1.75. The first-order chi connectivity index (χ1) is 12.1. The van der Waals surface area contributed by atoms with Crippen molar-refractivity contribution in [2.75, 3.05) is 0 Å². The lowest BCUT2D eigenvalue weighted by molar-refractivity contribution is 0.0866. The van der Waals surface area contributed by atoms with Gasteiger partial charge >= 0.3 is 0 Å². The first-order valence-corrected chi connectivity index (χ1v) is 8.70. The van der Waals surface area contributed by atoms with Crippen LogP contribution >= 0.6 is 0 Å². The molecule has 2 atom stereocenters. The van der Waals surface area contributed by atoms with Crippen molar-refractivity contribution in [1.82, 2.24) is 25.1 Å². The second-order valence-electron chi connectivity index (χ2n) is 7.26. The lowest BCUT2D eigenvalue weighted by atomic mass is 9.73. The number of rotatable bonds is 2. The fourth-order valence-corrected chi connectivity index (χ4v) is 4.23. The van der Waals surface area contributed by atoms with Crippen LogP contribution in [0.5, 0.6) is 0 Å². The summed E-state index contributed by atoms with van der Waals surface area (Å²) in [5.74, 6) is 6.56. The summed E-state index contributed by atoms with van der Waals surface area (Å²) in [6.07, 6.45) is 12.9. The zero-order valence-electron chi connectivity index (χ0n) is 14.3. The Morgan fingerprint density at radius 3 is 2.96 bits per heavy atom. The Bertz CT molecular complexity index is 849. The molecule has 2 aliphatic rings. The molecule has 2 bridgehead atoms. The number of amides is 1. The maximum atomic E-state index is 12.6. The van der Waals surface area contributed by atoms with Crippen LogP contribution in [0.3, 0.4) is 0 Å². The van der Waals surface area contributed by atoms with Gasteiger partial charge in [-0.1, -0.05) is 5.92 Å². The van der Waals surface area contributed by atoms with Crippen LogP contribution in [0.25, 0.3) is 0 Å². The molecule has 0 aliphatic heterocycles. The summed E-state index contributed by atoms with van der Waals surface area (Å²) in [5.41, 5.74) is 1.01. The summed E-state index contributed by atoms with van der Waals surface area (Å²) < 4.78 is 1.65. The smallest absolute Gasteiger partial charge is 0.272 e. The quantitative estimate of drug-likeness (QED) is 0.853. The fraction of sp³-hybridized carbons (Fsp3) is 0.474. The molecule has 2 heterocycles. The number of hydrogen-bond acceptors (Lipinski definition) is 4. The van der Waals surface area contributed by atoms with Gasteiger partial charge in [-0.3, -0.25) is 14.5 Å². The van der Waals surface area contributed by atoms with Crippen molar-refractivity contribution in [2.24, 2.45) is 12.5 Å². The van der Waals surface area contributed by atoms with E-state index < -0.39 is 0 Å². The molecule has 2 aromatic heterocycles. The van der Waals surface area contributed by atoms with E-state index in [1.807, 2.05) is 7.05 Å². The highest BCUT2D eigenvalue weighted by Gasteiger charge is 2.51. The molecular formula is C19H21N5O. The number of nitrogens with one attached hydrogen (secondary N) is 1. The minimum Gasteiger partial charge on any atom is -0.345 e. The second kappa shape index (κ2) is 5.99. The molecule has 2 fully saturated rings. The van der Waals surface area contributed by atoms with E-state index >= 15 is 0 Å². The van der Waals surface area contributed by atoms with Gasteiger partial charge in [-0.15, -0.1) is 0 Å². The summed E-state index contributed by atoms with van der Waals surface area (Å²) in [4.78, 5) is 20.8. The van der Waals surface area contributed by atoms with E-state index in [-0.39, 0.29) is 16.9 Å². The van der Waals surface area contributed by atoms with E-state index in [0.29, 0.717) is 11.4 Å². The second-order valence-corrected chi connectivity index (χ2v) is 7.26. The number of carbonyl (C=O) groups excluding carboxylic acids is 1. The third kappa shape index (κ3) is 3.14. The van der Waals surface area contributed by atoms with Crippen molar-refractivity contribution in [1.29, 1.82) is 0 Å². The van der Waals surface area contributed by atoms with E-state index in [0.717, 1.165) is 38.5 Å². The first kappa shape index (κ1) is 15.8. The van der Waals surface area contributed by atoms with Gasteiger partial charge in [0.1, 0.15) is 11.4 Å². The Hall–Kier alpha value is -2.68. The molecule has 6 nitrogen and oxygen atoms in total. The lowest BCUT2D eigenvalue weighted by Crippen LogP contribution is -2.49. The Morgan fingerprint density at radius 2 is 2.20 bits per heavy atom. The molecule has 0 unspecified atom stereocenters. The summed E-state index contributed by atoms with van der Waals surface area (Å²) in [7, 11) is 1.82. The summed E-state index contributed by atoms with van der Waals surface area (Å²) in [5, 5.41) is 7.48. The predicted molar refractivity (Wildman–Crippen MR) is 92.5 cm³/mol. The van der Waals surface area contributed by atoms with Crippen LogP contribution in [0.2, 0.25) is 0 Å². The van der Waals surface area contributed by atoms with Crippen LogP contribution in [0.1, 0.15) is 54.7 Å². The third-order valence-corrected chi connectivity index (χ3v) is 5.41. The largest absolute Gasteiger partial charge is 0.345 e. The van der Waals surface area contributed by atoms with Crippen molar-refractivity contribution in [3.8, 4) is 11.8 Å². The molecule has 0 spiro atoms. The van der Waals surface area contributed by atoms with E-state index in [1.165, 1.54) is 0 Å². The van der Waals surface area contributed by atoms with Gasteiger partial charge in [-0.25, -0.2) is 4.98 Å². The molecule has 6 heteroatoms. The molecule has 0 aromatic carbocycles. The summed E-state index contributed by atoms with van der Waals surface area (Å²) >= 11 is 0. The van der Waals surface area contributed by atoms with Crippen molar-refractivity contribution in [3.05, 3.63) is 42.2 Å². The number of hydrogen-bond donors (Lipinski definition) is 1. The zero-order valence-corrected chi connectivity index (χ0v) is 14.3. The molecule has 128 valence electrons. The van der Waals surface area contributed by atoms with Crippen molar-refractivity contribution in [3.63, 3.8) is 0 Å². The molecule has 1 N–H and O–H groups in total. The van der Waals surface area contributed by atoms with Crippen LogP contribution in [-0.4, -0.2) is 31.2 Å². The summed E-state index contributed by atoms with van der Waals surface area (Å²) in [6.45, 7) is 0. The van der Waals surface area contributed by atoms with Gasteiger partial charge in [0.25, 0.3) is 5.91 Å². The zero-order chi connectivity index (χ0) is 17.3. The van der Waals surface area contributed by atoms with Crippen LogP contribution < -0.4 is 5.32 Å². The van der Waals surface area contributed by atoms with Gasteiger partial charge < -0.3 is 5.32 Å². The third-order valence-electron chi connectivity index (χ3n) is 5.41. The highest BCUT2D eigenvalue weighted by atomic mass is 16.2. The molecular weight excluding hydrogens is 314 g/mol. The van der Waals surface area contributed by atoms with Crippen LogP contribution in [0.15, 0.2) is 30.9 Å². The van der Waals surface area contributed by atoms with Crippen LogP contribution in [0, 0.1) is 17.3 Å². The molecule has 0 radical (unpaired) electrons. The highest BCUT2D eigenvalue weighted by Crippen LogP contribution is 2.53. The topological polar surface area (TPSA) is 72.7 Å². The average Bonchev–Trinajstić information content (AvgIpc) is 3.16. The van der Waals surface area contributed by atoms with E-state index in [4.69, 9.17) is 0 Å². The maximum absolute atomic E-state index is 12.6. The highest BCUT2D eigenvalue weighted by molar-refractivity contribution is 5.92. The Labute approximate surface area is 147 Å². The van der Waals surface area contributed by atoms with Crippen LogP contribution in [0.4, 0.5) is 0 Å². The van der Waals surface area contributed by atoms with Gasteiger partial charge in [-0.05, 0) is 50.5 Å². The SMILES string of the molecule is Cn1ccc(C(=O)N[C@]23CCC[C@](C#Cc4cnccn4)(CC2)C3)n1. The molecule has 2 aromatic rings. The van der Waals surface area contributed by atoms with Crippen molar-refractivity contribution >= 4 is 5.91 Å². The van der Waals surface area contributed by atoms with Gasteiger partial charge in [0.2, 0.25) is 0 Å². The van der Waals surface area contributed by atoms with E-state index in [1.54, 1.807) is 35.5 Å². The average molecular weight is 335 g/mol. The lowest BCUT2D eigenvalue weighted by Gasteiger charge is -2.37. The number of fused-ring (bicyclic) bond motifs is 2. The van der Waals surface area contributed by atoms with E-state index in [9.17, 15) is 4.79 Å². The Morgan fingerprint density at radius 1 is 1.28 bits per heavy atom. The van der Waals surface area contributed by atoms with Crippen LogP contribution in [-0.2, 0) is 7.05 Å². The molecule has 4 rings (SSSR count). The maximum Gasteiger partial charge on any atom is 0.272 e. The van der Waals surface area contributed by atoms with Gasteiger partial charge in [0.15, 0.2) is 0 Å². The standard InChI is InChI=1S/C19H21N5O/c1-24-12-4-16(23-24)17(25)22-19-6-2-5-18(14-19,8-9-19)7-3-15-13-20-10-11-21-15/h4,10-13H,2,5-6,8-9,14H2,1H3,(H,22,25)/t18-,19+/m0/s1. The number of nitrogens with zero attached hydrogens (tertiary/aromatic N) is 4. The molecule has 25 heavy (non-hydrogen) atoms. The molecule has 2 aliphatic carbocycles. The normalized spacial score (nSPS) is 27.4. The Kier molecular flexibility index (Phi) is 3.79. The van der Waals surface area contributed by atoms with Crippen molar-refractivity contribution in [2.45, 2.75) is 44.1 Å². The Balaban J connectivity index is 1.51. The minimum absolute atomic E-state index is 0.0207. The number of aromatic nitrogens is 4. The number of aryl methyl sites for hydroxylation is 1.